The van der Waals surface area contributed by atoms with Gasteiger partial charge in [0.25, 0.3) is 0 Å². The quantitative estimate of drug-likeness (QED) is 0.661. The minimum Gasteiger partial charge on any atom is -0.496 e. The molecular formula is C11H12ClN3OS. The normalized spacial score (nSPS) is 12.4. The lowest BCUT2D eigenvalue weighted by molar-refractivity contribution is 0.404. The Kier molecular flexibility index (Phi) is 3.96. The number of rotatable bonds is 4. The monoisotopic (exact) mass is 269 g/mol. The zero-order valence-corrected chi connectivity index (χ0v) is 10.8. The van der Waals surface area contributed by atoms with Crippen LogP contribution in [-0.2, 0) is 0 Å². The molecule has 0 saturated heterocycles. The number of benzene rings is 1. The number of halogens is 1. The Morgan fingerprint density at radius 1 is 1.53 bits per heavy atom. The molecule has 4 nitrogen and oxygen atoms in total. The van der Waals surface area contributed by atoms with Gasteiger partial charge in [0.05, 0.1) is 18.7 Å². The molecule has 3 N–H and O–H groups in total. The van der Waals surface area contributed by atoms with Crippen molar-refractivity contribution in [3.63, 3.8) is 0 Å². The van der Waals surface area contributed by atoms with Crippen molar-refractivity contribution in [1.29, 1.82) is 0 Å². The average molecular weight is 270 g/mol. The SMILES string of the molecule is COc1ccc(Cl)cc1C(NN)c1cncs1. The fourth-order valence-corrected chi connectivity index (χ4v) is 2.50. The van der Waals surface area contributed by atoms with Crippen LogP contribution in [0.4, 0.5) is 0 Å². The largest absolute Gasteiger partial charge is 0.496 e. The third kappa shape index (κ3) is 2.58. The summed E-state index contributed by atoms with van der Waals surface area (Å²) in [5.41, 5.74) is 5.41. The van der Waals surface area contributed by atoms with Gasteiger partial charge in [0.2, 0.25) is 0 Å². The van der Waals surface area contributed by atoms with Crippen molar-refractivity contribution in [3.8, 4) is 5.75 Å². The Morgan fingerprint density at radius 2 is 2.35 bits per heavy atom. The molecule has 0 bridgehead atoms. The van der Waals surface area contributed by atoms with Crippen LogP contribution in [0.25, 0.3) is 0 Å². The van der Waals surface area contributed by atoms with Crippen molar-refractivity contribution >= 4 is 22.9 Å². The van der Waals surface area contributed by atoms with Gasteiger partial charge in [-0.1, -0.05) is 11.6 Å². The Morgan fingerprint density at radius 3 is 2.94 bits per heavy atom. The van der Waals surface area contributed by atoms with Crippen LogP contribution in [0.15, 0.2) is 29.9 Å². The first-order valence-corrected chi connectivity index (χ1v) is 6.20. The topological polar surface area (TPSA) is 60.2 Å². The van der Waals surface area contributed by atoms with Gasteiger partial charge in [0.15, 0.2) is 0 Å². The molecule has 1 aromatic heterocycles. The number of aromatic nitrogens is 1. The summed E-state index contributed by atoms with van der Waals surface area (Å²) in [6, 6.07) is 5.27. The fourth-order valence-electron chi connectivity index (χ4n) is 1.62. The third-order valence-corrected chi connectivity index (χ3v) is 3.48. The number of nitrogens with two attached hydrogens (primary N) is 1. The molecule has 0 fully saturated rings. The summed E-state index contributed by atoms with van der Waals surface area (Å²) in [4.78, 5) is 5.05. The van der Waals surface area contributed by atoms with Gasteiger partial charge in [-0.25, -0.2) is 5.43 Å². The standard InChI is InChI=1S/C11H12ClN3OS/c1-16-9-3-2-7(12)4-8(9)11(15-13)10-5-14-6-17-10/h2-6,11,15H,13H2,1H3. The number of thiazole rings is 1. The second-order valence-electron chi connectivity index (χ2n) is 3.39. The molecule has 1 atom stereocenters. The first-order valence-electron chi connectivity index (χ1n) is 4.94. The summed E-state index contributed by atoms with van der Waals surface area (Å²) in [6.07, 6.45) is 1.77. The predicted molar refractivity (Wildman–Crippen MR) is 69.3 cm³/mol. The number of nitrogens with one attached hydrogen (secondary N) is 1. The lowest BCUT2D eigenvalue weighted by Crippen LogP contribution is -2.28. The van der Waals surface area contributed by atoms with E-state index in [4.69, 9.17) is 22.2 Å². The number of ether oxygens (including phenoxy) is 1. The van der Waals surface area contributed by atoms with Crippen LogP contribution in [0.3, 0.4) is 0 Å². The van der Waals surface area contributed by atoms with E-state index in [1.165, 1.54) is 11.3 Å². The van der Waals surface area contributed by atoms with Crippen molar-refractivity contribution < 1.29 is 4.74 Å². The summed E-state index contributed by atoms with van der Waals surface area (Å²) in [5.74, 6) is 6.34. The van der Waals surface area contributed by atoms with E-state index in [-0.39, 0.29) is 6.04 Å². The van der Waals surface area contributed by atoms with Crippen molar-refractivity contribution in [2.75, 3.05) is 7.11 Å². The highest BCUT2D eigenvalue weighted by Gasteiger charge is 2.18. The minimum absolute atomic E-state index is 0.170. The summed E-state index contributed by atoms with van der Waals surface area (Å²) in [7, 11) is 1.62. The second-order valence-corrected chi connectivity index (χ2v) is 4.74. The predicted octanol–water partition coefficient (Wildman–Crippen LogP) is 2.36. The second kappa shape index (κ2) is 5.46. The maximum Gasteiger partial charge on any atom is 0.124 e. The van der Waals surface area contributed by atoms with Crippen LogP contribution in [0.2, 0.25) is 5.02 Å². The first-order chi connectivity index (χ1) is 8.26. The Hall–Kier alpha value is -1.14. The molecule has 0 saturated carbocycles. The van der Waals surface area contributed by atoms with E-state index in [0.717, 1.165) is 16.2 Å². The van der Waals surface area contributed by atoms with Crippen LogP contribution in [-0.4, -0.2) is 12.1 Å². The number of nitrogens with zero attached hydrogens (tertiary/aromatic N) is 1. The third-order valence-electron chi connectivity index (χ3n) is 2.41. The van der Waals surface area contributed by atoms with E-state index in [2.05, 4.69) is 10.4 Å². The molecule has 1 unspecified atom stereocenters. The average Bonchev–Trinajstić information content (AvgIpc) is 2.84. The lowest BCUT2D eigenvalue weighted by atomic mass is 10.1. The Labute approximate surface area is 108 Å². The smallest absolute Gasteiger partial charge is 0.124 e. The van der Waals surface area contributed by atoms with E-state index in [1.54, 1.807) is 24.9 Å². The van der Waals surface area contributed by atoms with Crippen LogP contribution in [0.5, 0.6) is 5.75 Å². The lowest BCUT2D eigenvalue weighted by Gasteiger charge is -2.17. The summed E-state index contributed by atoms with van der Waals surface area (Å²) in [6.45, 7) is 0. The highest BCUT2D eigenvalue weighted by molar-refractivity contribution is 7.09. The van der Waals surface area contributed by atoms with Gasteiger partial charge in [-0.15, -0.1) is 11.3 Å². The van der Waals surface area contributed by atoms with E-state index in [0.29, 0.717) is 5.02 Å². The molecular weight excluding hydrogens is 258 g/mol. The van der Waals surface area contributed by atoms with Gasteiger partial charge in [-0.3, -0.25) is 10.8 Å². The molecule has 2 rings (SSSR count). The molecule has 0 radical (unpaired) electrons. The maximum atomic E-state index is 6.00. The van der Waals surface area contributed by atoms with E-state index < -0.39 is 0 Å². The molecule has 0 aliphatic carbocycles. The van der Waals surface area contributed by atoms with Crippen molar-refractivity contribution in [1.82, 2.24) is 10.4 Å². The number of methoxy groups -OCH3 is 1. The molecule has 1 heterocycles. The zero-order valence-electron chi connectivity index (χ0n) is 9.18. The van der Waals surface area contributed by atoms with Gasteiger partial charge >= 0.3 is 0 Å². The van der Waals surface area contributed by atoms with Gasteiger partial charge in [-0.2, -0.15) is 0 Å². The van der Waals surface area contributed by atoms with E-state index in [9.17, 15) is 0 Å². The fraction of sp³-hybridized carbons (Fsp3) is 0.182. The molecule has 0 amide bonds. The molecule has 1 aromatic carbocycles. The highest BCUT2D eigenvalue weighted by Crippen LogP contribution is 2.33. The molecule has 2 aromatic rings. The molecule has 6 heteroatoms. The van der Waals surface area contributed by atoms with Crippen LogP contribution in [0, 0.1) is 0 Å². The molecule has 17 heavy (non-hydrogen) atoms. The summed E-state index contributed by atoms with van der Waals surface area (Å²) in [5, 5.41) is 0.644. The Balaban J connectivity index is 2.46. The van der Waals surface area contributed by atoms with Gasteiger partial charge in [-0.05, 0) is 18.2 Å². The van der Waals surface area contributed by atoms with Crippen molar-refractivity contribution in [3.05, 3.63) is 45.4 Å². The zero-order chi connectivity index (χ0) is 12.3. The van der Waals surface area contributed by atoms with Crippen LogP contribution >= 0.6 is 22.9 Å². The van der Waals surface area contributed by atoms with E-state index >= 15 is 0 Å². The van der Waals surface area contributed by atoms with Gasteiger partial charge in [0, 0.05) is 21.7 Å². The van der Waals surface area contributed by atoms with Gasteiger partial charge < -0.3 is 4.74 Å². The van der Waals surface area contributed by atoms with Gasteiger partial charge in [0.1, 0.15) is 5.75 Å². The minimum atomic E-state index is -0.170. The summed E-state index contributed by atoms with van der Waals surface area (Å²) >= 11 is 7.52. The molecule has 0 aliphatic heterocycles. The van der Waals surface area contributed by atoms with Crippen LogP contribution < -0.4 is 16.0 Å². The number of hydrogen-bond donors (Lipinski definition) is 2. The molecule has 0 aliphatic rings. The Bertz CT molecular complexity index is 489. The van der Waals surface area contributed by atoms with Crippen molar-refractivity contribution in [2.45, 2.75) is 6.04 Å². The molecule has 90 valence electrons. The number of hydrazine groups is 1. The van der Waals surface area contributed by atoms with E-state index in [1.807, 2.05) is 12.1 Å². The molecule has 0 spiro atoms. The highest BCUT2D eigenvalue weighted by atomic mass is 35.5. The number of hydrogen-bond acceptors (Lipinski definition) is 5. The maximum absolute atomic E-state index is 6.00. The first kappa shape index (κ1) is 12.3. The summed E-state index contributed by atoms with van der Waals surface area (Å²) < 4.78 is 5.31. The van der Waals surface area contributed by atoms with Crippen molar-refractivity contribution in [2.24, 2.45) is 5.84 Å². The van der Waals surface area contributed by atoms with Crippen LogP contribution in [0.1, 0.15) is 16.5 Å².